The van der Waals surface area contributed by atoms with Crippen LogP contribution >= 0.6 is 11.8 Å². The lowest BCUT2D eigenvalue weighted by Crippen LogP contribution is -2.48. The number of hydrazine groups is 1. The minimum Gasteiger partial charge on any atom is -0.443 e. The second kappa shape index (κ2) is 7.51. The van der Waals surface area contributed by atoms with Crippen LogP contribution in [0.25, 0.3) is 0 Å². The van der Waals surface area contributed by atoms with Gasteiger partial charge in [-0.3, -0.25) is 4.79 Å². The van der Waals surface area contributed by atoms with E-state index in [-0.39, 0.29) is 11.2 Å². The van der Waals surface area contributed by atoms with Crippen molar-refractivity contribution in [3.05, 3.63) is 0 Å². The maximum absolute atomic E-state index is 11.8. The van der Waals surface area contributed by atoms with E-state index in [1.807, 2.05) is 20.8 Å². The molecule has 0 heterocycles. The number of nitrogens with zero attached hydrogens (tertiary/aromatic N) is 1. The number of amides is 2. The van der Waals surface area contributed by atoms with Gasteiger partial charge in [-0.15, -0.1) is 0 Å². The molecule has 0 unspecified atom stereocenters. The van der Waals surface area contributed by atoms with Gasteiger partial charge in [0.2, 0.25) is 0 Å². The van der Waals surface area contributed by atoms with Gasteiger partial charge in [0, 0.05) is 6.54 Å². The van der Waals surface area contributed by atoms with Gasteiger partial charge < -0.3 is 4.74 Å². The molecule has 0 rings (SSSR count). The van der Waals surface area contributed by atoms with Crippen molar-refractivity contribution in [3.8, 4) is 0 Å². The Kier molecular flexibility index (Phi) is 7.13. The third kappa shape index (κ3) is 8.22. The summed E-state index contributed by atoms with van der Waals surface area (Å²) in [5.41, 5.74) is 1.92. The topological polar surface area (TPSA) is 58.6 Å². The Balaban J connectivity index is 4.49. The van der Waals surface area contributed by atoms with Crippen molar-refractivity contribution in [2.75, 3.05) is 12.3 Å². The lowest BCUT2D eigenvalue weighted by Gasteiger charge is -2.26. The highest BCUT2D eigenvalue weighted by Crippen LogP contribution is 2.11. The summed E-state index contributed by atoms with van der Waals surface area (Å²) in [6.45, 7) is 11.7. The molecule has 0 aliphatic carbocycles. The third-order valence-electron chi connectivity index (χ3n) is 1.66. The predicted molar refractivity (Wildman–Crippen MR) is 74.4 cm³/mol. The van der Waals surface area contributed by atoms with Crippen LogP contribution < -0.4 is 5.43 Å². The standard InChI is InChI=1S/C12H24N2O3S/c1-7-18-11(16)14(8-9(2)3)13-10(15)17-12(4,5)6/h9H,7-8H2,1-6H3,(H,13,15). The minimum atomic E-state index is -0.604. The molecule has 5 nitrogen and oxygen atoms in total. The molecule has 0 saturated carbocycles. The molecule has 0 radical (unpaired) electrons. The summed E-state index contributed by atoms with van der Waals surface area (Å²) in [6, 6.07) is 0. The summed E-state index contributed by atoms with van der Waals surface area (Å²) in [7, 11) is 0. The average Bonchev–Trinajstić information content (AvgIpc) is 2.13. The number of carbonyl (C=O) groups excluding carboxylic acids is 2. The number of thioether (sulfide) groups is 1. The molecular weight excluding hydrogens is 252 g/mol. The fourth-order valence-electron chi connectivity index (χ4n) is 1.14. The normalized spacial score (nSPS) is 11.3. The van der Waals surface area contributed by atoms with Gasteiger partial charge in [-0.2, -0.15) is 0 Å². The van der Waals surface area contributed by atoms with E-state index in [0.29, 0.717) is 12.3 Å². The summed E-state index contributed by atoms with van der Waals surface area (Å²) in [4.78, 5) is 23.4. The van der Waals surface area contributed by atoms with Crippen LogP contribution in [0.5, 0.6) is 0 Å². The van der Waals surface area contributed by atoms with Crippen LogP contribution in [-0.4, -0.2) is 34.2 Å². The molecule has 0 aromatic heterocycles. The van der Waals surface area contributed by atoms with Gasteiger partial charge in [0.15, 0.2) is 0 Å². The zero-order valence-corrected chi connectivity index (χ0v) is 12.9. The first kappa shape index (κ1) is 17.1. The number of carbonyl (C=O) groups is 2. The summed E-state index contributed by atoms with van der Waals surface area (Å²) in [5, 5.41) is 1.14. The molecule has 2 amide bonds. The predicted octanol–water partition coefficient (Wildman–Crippen LogP) is 3.26. The van der Waals surface area contributed by atoms with Crippen molar-refractivity contribution >= 4 is 23.1 Å². The maximum Gasteiger partial charge on any atom is 0.426 e. The van der Waals surface area contributed by atoms with E-state index in [1.54, 1.807) is 20.8 Å². The number of hydrogen-bond donors (Lipinski definition) is 1. The fourth-order valence-corrected chi connectivity index (χ4v) is 1.67. The molecule has 106 valence electrons. The molecule has 0 bridgehead atoms. The van der Waals surface area contributed by atoms with Crippen LogP contribution in [0, 0.1) is 5.92 Å². The Labute approximate surface area is 114 Å². The first-order chi connectivity index (χ1) is 8.15. The summed E-state index contributed by atoms with van der Waals surface area (Å²) < 4.78 is 5.12. The fraction of sp³-hybridized carbons (Fsp3) is 0.833. The smallest absolute Gasteiger partial charge is 0.426 e. The molecule has 0 aliphatic heterocycles. The van der Waals surface area contributed by atoms with Gasteiger partial charge >= 0.3 is 6.09 Å². The molecule has 0 aliphatic rings. The van der Waals surface area contributed by atoms with Gasteiger partial charge in [-0.05, 0) is 32.4 Å². The largest absolute Gasteiger partial charge is 0.443 e. The molecule has 0 aromatic rings. The Morgan fingerprint density at radius 2 is 1.89 bits per heavy atom. The first-order valence-electron chi connectivity index (χ1n) is 6.09. The van der Waals surface area contributed by atoms with Crippen LogP contribution in [0.15, 0.2) is 0 Å². The van der Waals surface area contributed by atoms with Gasteiger partial charge in [0.05, 0.1) is 0 Å². The zero-order chi connectivity index (χ0) is 14.3. The zero-order valence-electron chi connectivity index (χ0n) is 12.1. The van der Waals surface area contributed by atoms with Crippen molar-refractivity contribution in [1.29, 1.82) is 0 Å². The lowest BCUT2D eigenvalue weighted by atomic mass is 10.2. The highest BCUT2D eigenvalue weighted by atomic mass is 32.2. The van der Waals surface area contributed by atoms with Crippen molar-refractivity contribution in [1.82, 2.24) is 10.4 Å². The van der Waals surface area contributed by atoms with Gasteiger partial charge in [-0.1, -0.05) is 32.5 Å². The summed E-state index contributed by atoms with van der Waals surface area (Å²) in [6.07, 6.45) is -0.604. The van der Waals surface area contributed by atoms with E-state index in [0.717, 1.165) is 11.8 Å². The van der Waals surface area contributed by atoms with Crippen LogP contribution in [0.1, 0.15) is 41.5 Å². The molecule has 0 saturated heterocycles. The van der Waals surface area contributed by atoms with E-state index in [2.05, 4.69) is 5.43 Å². The molecule has 18 heavy (non-hydrogen) atoms. The van der Waals surface area contributed by atoms with Crippen molar-refractivity contribution < 1.29 is 14.3 Å². The third-order valence-corrected chi connectivity index (χ3v) is 2.42. The minimum absolute atomic E-state index is 0.169. The molecule has 0 aromatic carbocycles. The molecule has 0 spiro atoms. The average molecular weight is 276 g/mol. The van der Waals surface area contributed by atoms with Crippen LogP contribution in [-0.2, 0) is 4.74 Å². The monoisotopic (exact) mass is 276 g/mol. The van der Waals surface area contributed by atoms with E-state index in [1.165, 1.54) is 5.01 Å². The van der Waals surface area contributed by atoms with Crippen molar-refractivity contribution in [2.24, 2.45) is 5.92 Å². The quantitative estimate of drug-likeness (QED) is 0.804. The van der Waals surface area contributed by atoms with Crippen LogP contribution in [0.3, 0.4) is 0 Å². The number of nitrogens with one attached hydrogen (secondary N) is 1. The molecule has 0 fully saturated rings. The Morgan fingerprint density at radius 1 is 1.33 bits per heavy atom. The first-order valence-corrected chi connectivity index (χ1v) is 7.08. The highest BCUT2D eigenvalue weighted by Gasteiger charge is 2.21. The molecular formula is C12H24N2O3S. The molecule has 6 heteroatoms. The maximum atomic E-state index is 11.8. The van der Waals surface area contributed by atoms with Crippen molar-refractivity contribution in [2.45, 2.75) is 47.1 Å². The Morgan fingerprint density at radius 3 is 2.28 bits per heavy atom. The number of hydrogen-bond acceptors (Lipinski definition) is 4. The Hall–Kier alpha value is -0.910. The van der Waals surface area contributed by atoms with Gasteiger partial charge in [0.25, 0.3) is 5.24 Å². The van der Waals surface area contributed by atoms with E-state index >= 15 is 0 Å². The summed E-state index contributed by atoms with van der Waals surface area (Å²) in [5.74, 6) is 0.935. The summed E-state index contributed by atoms with van der Waals surface area (Å²) >= 11 is 1.16. The van der Waals surface area contributed by atoms with Crippen LogP contribution in [0.4, 0.5) is 9.59 Å². The molecule has 1 N–H and O–H groups in total. The second-order valence-electron chi connectivity index (χ2n) is 5.32. The van der Waals surface area contributed by atoms with E-state index in [4.69, 9.17) is 4.74 Å². The van der Waals surface area contributed by atoms with E-state index in [9.17, 15) is 9.59 Å². The number of rotatable bonds is 3. The second-order valence-corrected chi connectivity index (χ2v) is 6.53. The van der Waals surface area contributed by atoms with Crippen LogP contribution in [0.2, 0.25) is 0 Å². The van der Waals surface area contributed by atoms with Gasteiger partial charge in [-0.25, -0.2) is 15.2 Å². The van der Waals surface area contributed by atoms with Crippen molar-refractivity contribution in [3.63, 3.8) is 0 Å². The van der Waals surface area contributed by atoms with E-state index < -0.39 is 11.7 Å². The lowest BCUT2D eigenvalue weighted by molar-refractivity contribution is 0.0384. The molecule has 0 atom stereocenters. The highest BCUT2D eigenvalue weighted by molar-refractivity contribution is 8.13. The SMILES string of the molecule is CCSC(=O)N(CC(C)C)NC(=O)OC(C)(C)C. The number of ether oxygens (including phenoxy) is 1. The Bertz CT molecular complexity index is 288. The van der Waals surface area contributed by atoms with Gasteiger partial charge in [0.1, 0.15) is 5.60 Å².